The second kappa shape index (κ2) is 14.5. The van der Waals surface area contributed by atoms with Gasteiger partial charge in [-0.2, -0.15) is 0 Å². The van der Waals surface area contributed by atoms with E-state index >= 15 is 0 Å². The van der Waals surface area contributed by atoms with E-state index in [0.29, 0.717) is 35.1 Å². The minimum atomic E-state index is -1.05. The van der Waals surface area contributed by atoms with E-state index in [0.717, 1.165) is 24.3 Å². The van der Waals surface area contributed by atoms with Gasteiger partial charge in [0, 0.05) is 6.54 Å². The molecule has 0 aliphatic carbocycles. The smallest absolute Gasteiger partial charge is 0.407 e. The third kappa shape index (κ3) is 11.1. The highest BCUT2D eigenvalue weighted by Crippen LogP contribution is 2.33. The zero-order valence-electron chi connectivity index (χ0n) is 25.7. The van der Waals surface area contributed by atoms with Gasteiger partial charge in [-0.25, -0.2) is 27.2 Å². The van der Waals surface area contributed by atoms with Crippen molar-refractivity contribution in [2.75, 3.05) is 13.2 Å². The van der Waals surface area contributed by atoms with E-state index in [1.807, 2.05) is 0 Å². The van der Waals surface area contributed by atoms with Gasteiger partial charge in [-0.3, -0.25) is 0 Å². The van der Waals surface area contributed by atoms with Crippen LogP contribution in [0.4, 0.5) is 27.2 Å². The number of carbonyl (C=O) groups is 2. The SMILES string of the molecule is CC(C)(C)OC(=O)NCCC[C@H](COc1cc(-c2ccc(F)c(F)c2)cc(-c2ccc(F)c(F)c2)c1)NC(=O)OC(C)(C)C. The highest BCUT2D eigenvalue weighted by molar-refractivity contribution is 5.75. The lowest BCUT2D eigenvalue weighted by atomic mass is 9.98. The molecule has 3 aromatic carbocycles. The highest BCUT2D eigenvalue weighted by atomic mass is 19.2. The van der Waals surface area contributed by atoms with Crippen molar-refractivity contribution in [3.63, 3.8) is 0 Å². The molecule has 0 radical (unpaired) electrons. The number of benzene rings is 3. The molecule has 0 spiro atoms. The van der Waals surface area contributed by atoms with Gasteiger partial charge in [-0.05, 0) is 119 Å². The molecule has 2 N–H and O–H groups in total. The van der Waals surface area contributed by atoms with E-state index in [-0.39, 0.29) is 18.9 Å². The minimum Gasteiger partial charge on any atom is -0.491 e. The number of ether oxygens (including phenoxy) is 3. The number of rotatable bonds is 10. The fourth-order valence-electron chi connectivity index (χ4n) is 4.09. The Balaban J connectivity index is 1.84. The first-order valence-corrected chi connectivity index (χ1v) is 14.1. The molecule has 44 heavy (non-hydrogen) atoms. The number of nitrogens with one attached hydrogen (secondary N) is 2. The number of halogens is 4. The topological polar surface area (TPSA) is 85.9 Å². The molecule has 238 valence electrons. The van der Waals surface area contributed by atoms with Crippen LogP contribution in [0.15, 0.2) is 54.6 Å². The summed E-state index contributed by atoms with van der Waals surface area (Å²) >= 11 is 0. The van der Waals surface area contributed by atoms with Crippen LogP contribution in [0.1, 0.15) is 54.4 Å². The van der Waals surface area contributed by atoms with Crippen molar-refractivity contribution >= 4 is 12.2 Å². The molecule has 0 saturated heterocycles. The summed E-state index contributed by atoms with van der Waals surface area (Å²) in [5.41, 5.74) is 0.125. The molecule has 3 rings (SSSR count). The lowest BCUT2D eigenvalue weighted by molar-refractivity contribution is 0.0473. The molecule has 2 amide bonds. The zero-order chi connectivity index (χ0) is 32.7. The molecule has 3 aromatic rings. The highest BCUT2D eigenvalue weighted by Gasteiger charge is 2.21. The summed E-state index contributed by atoms with van der Waals surface area (Å²) in [5, 5.41) is 5.45. The fourth-order valence-corrected chi connectivity index (χ4v) is 4.09. The number of hydrogen-bond donors (Lipinski definition) is 2. The summed E-state index contributed by atoms with van der Waals surface area (Å²) in [4.78, 5) is 24.6. The lowest BCUT2D eigenvalue weighted by Gasteiger charge is -2.24. The maximum atomic E-state index is 14.1. The Morgan fingerprint density at radius 1 is 0.682 bits per heavy atom. The number of carbonyl (C=O) groups excluding carboxylic acids is 2. The van der Waals surface area contributed by atoms with Crippen LogP contribution in [-0.4, -0.2) is 42.6 Å². The largest absolute Gasteiger partial charge is 0.491 e. The second-order valence-corrected chi connectivity index (χ2v) is 12.2. The number of amides is 2. The molecule has 0 aliphatic rings. The minimum absolute atomic E-state index is 0.0376. The average molecular weight is 619 g/mol. The van der Waals surface area contributed by atoms with Gasteiger partial charge in [0.05, 0.1) is 6.04 Å². The van der Waals surface area contributed by atoms with Crippen molar-refractivity contribution in [3.05, 3.63) is 77.9 Å². The van der Waals surface area contributed by atoms with Crippen molar-refractivity contribution in [2.24, 2.45) is 0 Å². The predicted octanol–water partition coefficient (Wildman–Crippen LogP) is 8.15. The second-order valence-electron chi connectivity index (χ2n) is 12.2. The van der Waals surface area contributed by atoms with Crippen molar-refractivity contribution in [2.45, 2.75) is 71.6 Å². The summed E-state index contributed by atoms with van der Waals surface area (Å²) in [6.07, 6.45) is -0.389. The van der Waals surface area contributed by atoms with Crippen molar-refractivity contribution in [1.29, 1.82) is 0 Å². The van der Waals surface area contributed by atoms with Gasteiger partial charge in [0.25, 0.3) is 0 Å². The van der Waals surface area contributed by atoms with Crippen LogP contribution in [0.2, 0.25) is 0 Å². The van der Waals surface area contributed by atoms with E-state index in [1.54, 1.807) is 59.7 Å². The van der Waals surface area contributed by atoms with Gasteiger partial charge in [-0.15, -0.1) is 0 Å². The van der Waals surface area contributed by atoms with Gasteiger partial charge < -0.3 is 24.8 Å². The Bertz CT molecular complexity index is 1400. The van der Waals surface area contributed by atoms with Crippen LogP contribution in [0.3, 0.4) is 0 Å². The Hall–Kier alpha value is -4.28. The maximum Gasteiger partial charge on any atom is 0.407 e. The first-order valence-electron chi connectivity index (χ1n) is 14.1. The first-order chi connectivity index (χ1) is 20.5. The quantitative estimate of drug-likeness (QED) is 0.177. The van der Waals surface area contributed by atoms with E-state index in [9.17, 15) is 27.2 Å². The van der Waals surface area contributed by atoms with Crippen LogP contribution >= 0.6 is 0 Å². The molecule has 0 unspecified atom stereocenters. The molecule has 0 saturated carbocycles. The molecule has 0 fully saturated rings. The molecule has 0 bridgehead atoms. The summed E-state index contributed by atoms with van der Waals surface area (Å²) in [6, 6.07) is 11.0. The molecule has 0 aliphatic heterocycles. The molecule has 7 nitrogen and oxygen atoms in total. The van der Waals surface area contributed by atoms with Crippen molar-refractivity contribution < 1.29 is 41.4 Å². The molecular weight excluding hydrogens is 580 g/mol. The molecular formula is C33H38F4N2O5. The molecule has 0 aromatic heterocycles. The third-order valence-corrected chi connectivity index (χ3v) is 5.98. The van der Waals surface area contributed by atoms with E-state index in [1.165, 1.54) is 12.1 Å². The van der Waals surface area contributed by atoms with Gasteiger partial charge in [0.15, 0.2) is 23.3 Å². The maximum absolute atomic E-state index is 14.1. The van der Waals surface area contributed by atoms with Gasteiger partial charge in [0.2, 0.25) is 0 Å². The molecule has 11 heteroatoms. The zero-order valence-corrected chi connectivity index (χ0v) is 25.7. The number of alkyl carbamates (subject to hydrolysis) is 2. The van der Waals surface area contributed by atoms with E-state index in [2.05, 4.69) is 10.6 Å². The third-order valence-electron chi connectivity index (χ3n) is 5.98. The Morgan fingerprint density at radius 2 is 1.18 bits per heavy atom. The molecule has 1 atom stereocenters. The Kier molecular flexibility index (Phi) is 11.2. The summed E-state index contributed by atoms with van der Waals surface area (Å²) in [6.45, 7) is 10.7. The standard InChI is InChI=1S/C33H38F4N2O5/c1-32(2,3)43-30(40)38-13-7-8-24(39-31(41)44-33(4,5)6)19-42-25-15-22(20-9-11-26(34)28(36)17-20)14-23(16-25)21-10-12-27(35)29(37)18-21/h9-12,14-18,24H,7-8,13,19H2,1-6H3,(H,38,40)(H,39,41)/t24-/m1/s1. The lowest BCUT2D eigenvalue weighted by Crippen LogP contribution is -2.42. The van der Waals surface area contributed by atoms with Crippen molar-refractivity contribution in [3.8, 4) is 28.0 Å². The first kappa shape index (κ1) is 34.2. The fraction of sp³-hybridized carbons (Fsp3) is 0.394. The van der Waals surface area contributed by atoms with Gasteiger partial charge >= 0.3 is 12.2 Å². The normalized spacial score (nSPS) is 12.3. The summed E-state index contributed by atoms with van der Waals surface area (Å²) < 4.78 is 72.1. The monoisotopic (exact) mass is 618 g/mol. The van der Waals surface area contributed by atoms with Crippen LogP contribution < -0.4 is 15.4 Å². The van der Waals surface area contributed by atoms with Crippen molar-refractivity contribution in [1.82, 2.24) is 10.6 Å². The van der Waals surface area contributed by atoms with E-state index in [4.69, 9.17) is 14.2 Å². The Labute approximate surface area is 254 Å². The van der Waals surface area contributed by atoms with Crippen LogP contribution in [0.25, 0.3) is 22.3 Å². The summed E-state index contributed by atoms with van der Waals surface area (Å²) in [5.74, 6) is -3.86. The van der Waals surface area contributed by atoms with Crippen LogP contribution in [0, 0.1) is 23.3 Å². The van der Waals surface area contributed by atoms with E-state index < -0.39 is 52.7 Å². The predicted molar refractivity (Wildman–Crippen MR) is 159 cm³/mol. The Morgan fingerprint density at radius 3 is 1.66 bits per heavy atom. The van der Waals surface area contributed by atoms with Crippen LogP contribution in [-0.2, 0) is 9.47 Å². The average Bonchev–Trinajstić information content (AvgIpc) is 2.90. The summed E-state index contributed by atoms with van der Waals surface area (Å²) in [7, 11) is 0. The van der Waals surface area contributed by atoms with Gasteiger partial charge in [-0.1, -0.05) is 12.1 Å². The van der Waals surface area contributed by atoms with Gasteiger partial charge in [0.1, 0.15) is 23.6 Å². The number of hydrogen-bond acceptors (Lipinski definition) is 5. The molecule has 0 heterocycles. The van der Waals surface area contributed by atoms with Crippen LogP contribution in [0.5, 0.6) is 5.75 Å².